The Bertz CT molecular complexity index is 968. The van der Waals surface area contributed by atoms with Crippen LogP contribution in [-0.2, 0) is 14.8 Å². The lowest BCUT2D eigenvalue weighted by Crippen LogP contribution is -2.38. The number of sulfonamides is 1. The number of primary amides is 1. The van der Waals surface area contributed by atoms with Gasteiger partial charge in [-0.15, -0.1) is 0 Å². The van der Waals surface area contributed by atoms with Gasteiger partial charge in [0.2, 0.25) is 11.8 Å². The van der Waals surface area contributed by atoms with Gasteiger partial charge in [0.05, 0.1) is 5.69 Å². The number of carbonyl (C=O) groups is 2. The van der Waals surface area contributed by atoms with Gasteiger partial charge in [-0.05, 0) is 36.4 Å². The number of anilines is 1. The molecule has 0 aromatic heterocycles. The molecule has 1 aliphatic rings. The standard InChI is InChI=1S/C16H14N4O4S/c17-16(22)11-5-7-12(8-6-11)19-15(21)9-20-10-18-13-3-1-2-4-14(13)25(20,23)24/h1-8,10H,9H2,(H2,17,22)(H,19,21). The summed E-state index contributed by atoms with van der Waals surface area (Å²) in [7, 11) is -3.83. The monoisotopic (exact) mass is 358 g/mol. The Balaban J connectivity index is 1.72. The Morgan fingerprint density at radius 2 is 1.76 bits per heavy atom. The fourth-order valence-corrected chi connectivity index (χ4v) is 3.63. The van der Waals surface area contributed by atoms with Crippen LogP contribution in [0.4, 0.5) is 11.4 Å². The molecule has 9 heteroatoms. The molecule has 0 aliphatic carbocycles. The molecule has 0 atom stereocenters. The summed E-state index contributed by atoms with van der Waals surface area (Å²) in [5.41, 5.74) is 6.20. The zero-order valence-corrected chi connectivity index (χ0v) is 13.7. The molecule has 0 fully saturated rings. The van der Waals surface area contributed by atoms with Crippen molar-refractivity contribution < 1.29 is 18.0 Å². The van der Waals surface area contributed by atoms with Crippen LogP contribution in [0.2, 0.25) is 0 Å². The van der Waals surface area contributed by atoms with E-state index >= 15 is 0 Å². The third kappa shape index (κ3) is 3.36. The fraction of sp³-hybridized carbons (Fsp3) is 0.0625. The van der Waals surface area contributed by atoms with E-state index in [-0.39, 0.29) is 4.90 Å². The third-order valence-electron chi connectivity index (χ3n) is 3.53. The molecule has 3 rings (SSSR count). The van der Waals surface area contributed by atoms with E-state index in [4.69, 9.17) is 5.73 Å². The average Bonchev–Trinajstić information content (AvgIpc) is 2.58. The van der Waals surface area contributed by atoms with E-state index in [0.717, 1.165) is 10.6 Å². The van der Waals surface area contributed by atoms with Crippen molar-refractivity contribution in [2.45, 2.75) is 4.90 Å². The maximum atomic E-state index is 12.5. The predicted octanol–water partition coefficient (Wildman–Crippen LogP) is 1.09. The molecule has 0 bridgehead atoms. The molecule has 0 unspecified atom stereocenters. The number of nitrogens with two attached hydrogens (primary N) is 1. The molecule has 0 saturated carbocycles. The SMILES string of the molecule is NC(=O)c1ccc(NC(=O)CN2C=Nc3ccccc3S2(=O)=O)cc1. The highest BCUT2D eigenvalue weighted by atomic mass is 32.2. The van der Waals surface area contributed by atoms with Gasteiger partial charge in [0.25, 0.3) is 10.0 Å². The Labute approximate surface area is 144 Å². The molecule has 2 aromatic rings. The van der Waals surface area contributed by atoms with Crippen molar-refractivity contribution in [1.29, 1.82) is 0 Å². The molecule has 128 valence electrons. The molecule has 0 radical (unpaired) electrons. The fourth-order valence-electron chi connectivity index (χ4n) is 2.28. The van der Waals surface area contributed by atoms with Crippen LogP contribution in [0.15, 0.2) is 58.4 Å². The zero-order valence-electron chi connectivity index (χ0n) is 12.9. The average molecular weight is 358 g/mol. The van der Waals surface area contributed by atoms with E-state index in [1.165, 1.54) is 30.3 Å². The number of nitrogens with zero attached hydrogens (tertiary/aromatic N) is 2. The maximum absolute atomic E-state index is 12.5. The summed E-state index contributed by atoms with van der Waals surface area (Å²) in [5.74, 6) is -1.12. The second-order valence-corrected chi connectivity index (χ2v) is 7.11. The van der Waals surface area contributed by atoms with Gasteiger partial charge in [-0.2, -0.15) is 0 Å². The Kier molecular flexibility index (Phi) is 4.24. The van der Waals surface area contributed by atoms with Crippen molar-refractivity contribution in [3.05, 3.63) is 54.1 Å². The smallest absolute Gasteiger partial charge is 0.267 e. The molecule has 0 saturated heterocycles. The van der Waals surface area contributed by atoms with E-state index in [1.54, 1.807) is 18.2 Å². The van der Waals surface area contributed by atoms with E-state index in [9.17, 15) is 18.0 Å². The van der Waals surface area contributed by atoms with Gasteiger partial charge in [-0.25, -0.2) is 17.7 Å². The zero-order chi connectivity index (χ0) is 18.0. The van der Waals surface area contributed by atoms with Gasteiger partial charge in [0.1, 0.15) is 17.8 Å². The first-order chi connectivity index (χ1) is 11.9. The lowest BCUT2D eigenvalue weighted by Gasteiger charge is -2.23. The Morgan fingerprint density at radius 3 is 2.44 bits per heavy atom. The van der Waals surface area contributed by atoms with Crippen LogP contribution < -0.4 is 11.1 Å². The van der Waals surface area contributed by atoms with Gasteiger partial charge in [0.15, 0.2) is 0 Å². The Hall–Kier alpha value is -3.20. The van der Waals surface area contributed by atoms with Crippen molar-refractivity contribution in [3.8, 4) is 0 Å². The molecular formula is C16H14N4O4S. The molecule has 1 heterocycles. The number of fused-ring (bicyclic) bond motifs is 1. The minimum atomic E-state index is -3.83. The maximum Gasteiger partial charge on any atom is 0.267 e. The second-order valence-electron chi connectivity index (χ2n) is 5.25. The van der Waals surface area contributed by atoms with E-state index in [1.807, 2.05) is 0 Å². The van der Waals surface area contributed by atoms with Crippen LogP contribution in [0.3, 0.4) is 0 Å². The summed E-state index contributed by atoms with van der Waals surface area (Å²) in [6.45, 7) is -0.419. The highest BCUT2D eigenvalue weighted by molar-refractivity contribution is 7.89. The van der Waals surface area contributed by atoms with Crippen LogP contribution >= 0.6 is 0 Å². The highest BCUT2D eigenvalue weighted by Gasteiger charge is 2.29. The van der Waals surface area contributed by atoms with Gasteiger partial charge in [0, 0.05) is 11.3 Å². The van der Waals surface area contributed by atoms with Crippen molar-refractivity contribution in [2.24, 2.45) is 10.7 Å². The van der Waals surface area contributed by atoms with Crippen LogP contribution in [0, 0.1) is 0 Å². The number of hydrogen-bond donors (Lipinski definition) is 2. The molecule has 1 aliphatic heterocycles. The van der Waals surface area contributed by atoms with Gasteiger partial charge >= 0.3 is 0 Å². The minimum absolute atomic E-state index is 0.0520. The van der Waals surface area contributed by atoms with E-state index in [2.05, 4.69) is 10.3 Å². The van der Waals surface area contributed by atoms with Crippen molar-refractivity contribution in [2.75, 3.05) is 11.9 Å². The van der Waals surface area contributed by atoms with Crippen LogP contribution in [0.1, 0.15) is 10.4 Å². The molecule has 25 heavy (non-hydrogen) atoms. The van der Waals surface area contributed by atoms with Crippen LogP contribution in [-0.4, -0.2) is 37.4 Å². The first-order valence-electron chi connectivity index (χ1n) is 7.23. The number of nitrogens with one attached hydrogen (secondary N) is 1. The predicted molar refractivity (Wildman–Crippen MR) is 92.1 cm³/mol. The summed E-state index contributed by atoms with van der Waals surface area (Å²) in [6, 6.07) is 12.2. The minimum Gasteiger partial charge on any atom is -0.366 e. The Morgan fingerprint density at radius 1 is 1.08 bits per heavy atom. The van der Waals surface area contributed by atoms with Crippen molar-refractivity contribution in [3.63, 3.8) is 0 Å². The molecule has 3 N–H and O–H groups in total. The topological polar surface area (TPSA) is 122 Å². The first-order valence-corrected chi connectivity index (χ1v) is 8.67. The summed E-state index contributed by atoms with van der Waals surface area (Å²) >= 11 is 0. The summed E-state index contributed by atoms with van der Waals surface area (Å²) in [4.78, 5) is 27.2. The number of amides is 2. The lowest BCUT2D eigenvalue weighted by atomic mass is 10.2. The number of para-hydroxylation sites is 1. The van der Waals surface area contributed by atoms with Crippen molar-refractivity contribution >= 4 is 39.6 Å². The highest BCUT2D eigenvalue weighted by Crippen LogP contribution is 2.29. The number of benzene rings is 2. The molecule has 2 amide bonds. The van der Waals surface area contributed by atoms with Gasteiger partial charge in [-0.3, -0.25) is 9.59 Å². The van der Waals surface area contributed by atoms with Crippen LogP contribution in [0.5, 0.6) is 0 Å². The first kappa shape index (κ1) is 16.7. The van der Waals surface area contributed by atoms with Gasteiger partial charge in [-0.1, -0.05) is 12.1 Å². The molecular weight excluding hydrogens is 344 g/mol. The van der Waals surface area contributed by atoms with Gasteiger partial charge < -0.3 is 11.1 Å². The number of carbonyl (C=O) groups excluding carboxylic acids is 2. The third-order valence-corrected chi connectivity index (χ3v) is 5.27. The van der Waals surface area contributed by atoms with Crippen LogP contribution in [0.25, 0.3) is 0 Å². The quantitative estimate of drug-likeness (QED) is 0.849. The summed E-state index contributed by atoms with van der Waals surface area (Å²) in [6.07, 6.45) is 1.12. The molecule has 2 aromatic carbocycles. The number of aliphatic imine (C=N–C) groups is 1. The van der Waals surface area contributed by atoms with E-state index in [0.29, 0.717) is 16.9 Å². The number of rotatable bonds is 4. The molecule has 8 nitrogen and oxygen atoms in total. The van der Waals surface area contributed by atoms with E-state index < -0.39 is 28.4 Å². The summed E-state index contributed by atoms with van der Waals surface area (Å²) < 4.78 is 25.9. The largest absolute Gasteiger partial charge is 0.366 e. The van der Waals surface area contributed by atoms with Crippen molar-refractivity contribution in [1.82, 2.24) is 4.31 Å². The summed E-state index contributed by atoms with van der Waals surface area (Å²) in [5, 5.41) is 2.56. The lowest BCUT2D eigenvalue weighted by molar-refractivity contribution is -0.115. The normalized spacial score (nSPS) is 14.6. The number of hydrogen-bond acceptors (Lipinski definition) is 5. The second kappa shape index (κ2) is 6.36. The molecule has 0 spiro atoms.